The van der Waals surface area contributed by atoms with Gasteiger partial charge in [-0.05, 0) is 89.5 Å². The van der Waals surface area contributed by atoms with Gasteiger partial charge in [-0.1, -0.05) is 133 Å². The summed E-state index contributed by atoms with van der Waals surface area (Å²) >= 11 is 0. The molecule has 0 aliphatic rings. The summed E-state index contributed by atoms with van der Waals surface area (Å²) in [5, 5.41) is 3.11. The molecule has 256 valence electrons. The molecule has 0 spiro atoms. The van der Waals surface area contributed by atoms with E-state index in [2.05, 4.69) is 81.8 Å². The van der Waals surface area contributed by atoms with E-state index in [0.29, 0.717) is 5.69 Å². The highest BCUT2D eigenvalue weighted by atomic mass is 19.1. The van der Waals surface area contributed by atoms with Gasteiger partial charge in [0.15, 0.2) is 0 Å². The highest BCUT2D eigenvalue weighted by Gasteiger charge is 2.22. The van der Waals surface area contributed by atoms with Crippen LogP contribution in [0.15, 0.2) is 206 Å². The largest absolute Gasteiger partial charge is 0.351 e. The van der Waals surface area contributed by atoms with Crippen LogP contribution in [0.25, 0.3) is 22.3 Å². The molecule has 0 amide bonds. The third-order valence-corrected chi connectivity index (χ3v) is 9.14. The zero-order chi connectivity index (χ0) is 36.0. The minimum Gasteiger partial charge on any atom is -0.351 e. The second-order valence-electron chi connectivity index (χ2n) is 12.6. The molecule has 0 aliphatic carbocycles. The first kappa shape index (κ1) is 33.2. The molecule has 0 saturated heterocycles. The molecule has 0 heterocycles. The Bertz CT molecular complexity index is 2380. The van der Waals surface area contributed by atoms with Gasteiger partial charge in [0.25, 0.3) is 0 Å². The SMILES string of the molecule is Fc1cccc(F)c1Nc1cc(N(c2ccccc2)c2ccccc2)cc(N(c2ccc(-c3ccccc3)cc2)c2ccccc2-c2ccccc2)c1. The number of hydrogen-bond donors (Lipinski definition) is 1. The molecule has 8 aromatic rings. The maximum Gasteiger partial charge on any atom is 0.149 e. The van der Waals surface area contributed by atoms with Crippen molar-refractivity contribution in [2.45, 2.75) is 0 Å². The minimum absolute atomic E-state index is 0.218. The second-order valence-corrected chi connectivity index (χ2v) is 12.6. The summed E-state index contributed by atoms with van der Waals surface area (Å²) in [5.41, 5.74) is 9.91. The van der Waals surface area contributed by atoms with Crippen molar-refractivity contribution in [3.05, 3.63) is 218 Å². The molecule has 0 atom stereocenters. The molecule has 8 rings (SSSR count). The molecule has 53 heavy (non-hydrogen) atoms. The Hall–Kier alpha value is -6.98. The number of halogens is 2. The van der Waals surface area contributed by atoms with Gasteiger partial charge in [0.2, 0.25) is 0 Å². The van der Waals surface area contributed by atoms with Crippen LogP contribution in [0.4, 0.5) is 54.3 Å². The van der Waals surface area contributed by atoms with E-state index < -0.39 is 11.6 Å². The fourth-order valence-electron chi connectivity index (χ4n) is 6.68. The first-order valence-electron chi connectivity index (χ1n) is 17.5. The molecule has 0 unspecified atom stereocenters. The van der Waals surface area contributed by atoms with E-state index in [4.69, 9.17) is 0 Å². The molecule has 5 heteroatoms. The Morgan fingerprint density at radius 1 is 0.340 bits per heavy atom. The number of rotatable bonds is 10. The Morgan fingerprint density at radius 2 is 0.792 bits per heavy atom. The van der Waals surface area contributed by atoms with Crippen LogP contribution < -0.4 is 15.1 Å². The van der Waals surface area contributed by atoms with Crippen molar-refractivity contribution < 1.29 is 8.78 Å². The zero-order valence-electron chi connectivity index (χ0n) is 28.8. The molecule has 0 saturated carbocycles. The average Bonchev–Trinajstić information content (AvgIpc) is 3.21. The number of hydrogen-bond acceptors (Lipinski definition) is 3. The Morgan fingerprint density at radius 3 is 1.38 bits per heavy atom. The number of nitrogens with zero attached hydrogens (tertiary/aromatic N) is 2. The van der Waals surface area contributed by atoms with Crippen molar-refractivity contribution in [3.63, 3.8) is 0 Å². The van der Waals surface area contributed by atoms with Crippen LogP contribution >= 0.6 is 0 Å². The minimum atomic E-state index is -0.678. The number of anilines is 8. The van der Waals surface area contributed by atoms with Crippen LogP contribution in [-0.4, -0.2) is 0 Å². The lowest BCUT2D eigenvalue weighted by Gasteiger charge is -2.31. The van der Waals surface area contributed by atoms with Gasteiger partial charge in [0, 0.05) is 28.3 Å². The molecule has 8 aromatic carbocycles. The van der Waals surface area contributed by atoms with Crippen LogP contribution in [-0.2, 0) is 0 Å². The molecule has 0 aromatic heterocycles. The molecular weight excluding hydrogens is 657 g/mol. The summed E-state index contributed by atoms with van der Waals surface area (Å²) in [6, 6.07) is 67.4. The molecular formula is C48H35F2N3. The first-order valence-corrected chi connectivity index (χ1v) is 17.5. The van der Waals surface area contributed by atoms with E-state index >= 15 is 8.78 Å². The third-order valence-electron chi connectivity index (χ3n) is 9.14. The predicted molar refractivity (Wildman–Crippen MR) is 216 cm³/mol. The Kier molecular flexibility index (Phi) is 9.45. The van der Waals surface area contributed by atoms with E-state index in [0.717, 1.165) is 56.4 Å². The molecule has 0 bridgehead atoms. The number of para-hydroxylation sites is 4. The summed E-state index contributed by atoms with van der Waals surface area (Å²) < 4.78 is 30.4. The third kappa shape index (κ3) is 7.14. The van der Waals surface area contributed by atoms with Crippen LogP contribution in [0.1, 0.15) is 0 Å². The van der Waals surface area contributed by atoms with Crippen molar-refractivity contribution in [1.29, 1.82) is 0 Å². The molecule has 0 aliphatic heterocycles. The zero-order valence-corrected chi connectivity index (χ0v) is 28.8. The lowest BCUT2D eigenvalue weighted by Crippen LogP contribution is -2.14. The smallest absolute Gasteiger partial charge is 0.149 e. The van der Waals surface area contributed by atoms with E-state index in [-0.39, 0.29) is 5.69 Å². The standard InChI is InChI=1S/C48H35F2N3/c49-45-25-15-26-46(50)48(45)51-38-32-42(52(39-20-9-3-10-21-39)40-22-11-4-12-23-40)34-43(33-38)53(41-30-28-36(29-31-41)35-16-5-1-6-17-35)47-27-14-13-24-44(47)37-18-7-2-8-19-37/h1-34,51H. The van der Waals surface area contributed by atoms with E-state index in [1.54, 1.807) is 0 Å². The average molecular weight is 692 g/mol. The van der Waals surface area contributed by atoms with Crippen LogP contribution in [0, 0.1) is 11.6 Å². The topological polar surface area (TPSA) is 18.5 Å². The molecule has 3 nitrogen and oxygen atoms in total. The summed E-state index contributed by atoms with van der Waals surface area (Å²) in [5.74, 6) is -1.36. The molecule has 0 radical (unpaired) electrons. The van der Waals surface area contributed by atoms with Gasteiger partial charge >= 0.3 is 0 Å². The maximum atomic E-state index is 15.2. The quantitative estimate of drug-likeness (QED) is 0.154. The lowest BCUT2D eigenvalue weighted by atomic mass is 10.0. The van der Waals surface area contributed by atoms with Crippen molar-refractivity contribution in [2.75, 3.05) is 15.1 Å². The molecule has 0 fully saturated rings. The van der Waals surface area contributed by atoms with E-state index in [9.17, 15) is 0 Å². The molecule has 1 N–H and O–H groups in total. The monoisotopic (exact) mass is 691 g/mol. The number of benzene rings is 8. The van der Waals surface area contributed by atoms with Gasteiger partial charge in [-0.25, -0.2) is 8.78 Å². The first-order chi connectivity index (χ1) is 26.1. The van der Waals surface area contributed by atoms with Gasteiger partial charge in [-0.3, -0.25) is 0 Å². The van der Waals surface area contributed by atoms with Crippen molar-refractivity contribution in [2.24, 2.45) is 0 Å². The van der Waals surface area contributed by atoms with Crippen LogP contribution in [0.5, 0.6) is 0 Å². The maximum absolute atomic E-state index is 15.2. The van der Waals surface area contributed by atoms with Crippen LogP contribution in [0.2, 0.25) is 0 Å². The van der Waals surface area contributed by atoms with Crippen LogP contribution in [0.3, 0.4) is 0 Å². The van der Waals surface area contributed by atoms with Gasteiger partial charge in [0.1, 0.15) is 17.3 Å². The van der Waals surface area contributed by atoms with Gasteiger partial charge in [-0.15, -0.1) is 0 Å². The summed E-state index contributed by atoms with van der Waals surface area (Å²) in [6.45, 7) is 0. The lowest BCUT2D eigenvalue weighted by molar-refractivity contribution is 0.591. The summed E-state index contributed by atoms with van der Waals surface area (Å²) in [4.78, 5) is 4.35. The fourth-order valence-corrected chi connectivity index (χ4v) is 6.68. The van der Waals surface area contributed by atoms with Crippen molar-refractivity contribution in [3.8, 4) is 22.3 Å². The summed E-state index contributed by atoms with van der Waals surface area (Å²) in [6.07, 6.45) is 0. The predicted octanol–water partition coefficient (Wildman–Crippen LogP) is 14.0. The van der Waals surface area contributed by atoms with Crippen molar-refractivity contribution in [1.82, 2.24) is 0 Å². The fraction of sp³-hybridized carbons (Fsp3) is 0. The normalized spacial score (nSPS) is 10.8. The highest BCUT2D eigenvalue weighted by molar-refractivity contribution is 5.92. The Labute approximate surface area is 308 Å². The number of nitrogens with one attached hydrogen (secondary N) is 1. The van der Waals surface area contributed by atoms with E-state index in [1.807, 2.05) is 121 Å². The van der Waals surface area contributed by atoms with Gasteiger partial charge in [0.05, 0.1) is 17.1 Å². The van der Waals surface area contributed by atoms with Gasteiger partial charge < -0.3 is 15.1 Å². The van der Waals surface area contributed by atoms with Gasteiger partial charge in [-0.2, -0.15) is 0 Å². The highest BCUT2D eigenvalue weighted by Crippen LogP contribution is 2.45. The Balaban J connectivity index is 1.38. The summed E-state index contributed by atoms with van der Waals surface area (Å²) in [7, 11) is 0. The van der Waals surface area contributed by atoms with Crippen molar-refractivity contribution >= 4 is 45.5 Å². The van der Waals surface area contributed by atoms with E-state index in [1.165, 1.54) is 18.2 Å². The second kappa shape index (κ2) is 15.1.